The largest absolute Gasteiger partial charge is 0.432 e. The molecule has 0 radical (unpaired) electrons. The second kappa shape index (κ2) is 9.46. The molecule has 160 valence electrons. The van der Waals surface area contributed by atoms with E-state index in [1.807, 2.05) is 6.07 Å². The van der Waals surface area contributed by atoms with E-state index in [1.165, 1.54) is 0 Å². The summed E-state index contributed by atoms with van der Waals surface area (Å²) in [5.74, 6) is -1.75. The van der Waals surface area contributed by atoms with Crippen LogP contribution < -0.4 is 0 Å². The SMILES string of the molecule is C[C@H](C(=O)O[C@H]1O[C@@H](CO)[C@H](O)[C@@H](O)[C@@H]1O)c1cccc(C(=O)c2ccccc2)c1. The second-order valence-corrected chi connectivity index (χ2v) is 7.18. The second-order valence-electron chi connectivity index (χ2n) is 7.18. The Morgan fingerprint density at radius 1 is 0.967 bits per heavy atom. The van der Waals surface area contributed by atoms with E-state index >= 15 is 0 Å². The molecule has 0 saturated carbocycles. The maximum Gasteiger partial charge on any atom is 0.315 e. The molecule has 2 aromatic carbocycles. The number of carbonyl (C=O) groups excluding carboxylic acids is 2. The van der Waals surface area contributed by atoms with Crippen LogP contribution in [0.2, 0.25) is 0 Å². The van der Waals surface area contributed by atoms with Crippen LogP contribution >= 0.6 is 0 Å². The Balaban J connectivity index is 1.73. The summed E-state index contributed by atoms with van der Waals surface area (Å²) in [4.78, 5) is 25.2. The Labute approximate surface area is 173 Å². The van der Waals surface area contributed by atoms with Gasteiger partial charge in [-0.15, -0.1) is 0 Å². The van der Waals surface area contributed by atoms with Crippen molar-refractivity contribution in [3.05, 3.63) is 71.3 Å². The molecule has 0 bridgehead atoms. The van der Waals surface area contributed by atoms with Crippen LogP contribution in [0.3, 0.4) is 0 Å². The van der Waals surface area contributed by atoms with Gasteiger partial charge in [-0.1, -0.05) is 48.5 Å². The zero-order chi connectivity index (χ0) is 21.8. The number of ether oxygens (including phenoxy) is 2. The Morgan fingerprint density at radius 3 is 2.30 bits per heavy atom. The summed E-state index contributed by atoms with van der Waals surface area (Å²) in [7, 11) is 0. The lowest BCUT2D eigenvalue weighted by Gasteiger charge is -2.39. The third kappa shape index (κ3) is 4.58. The molecule has 1 fully saturated rings. The number of rotatable bonds is 6. The van der Waals surface area contributed by atoms with Crippen molar-refractivity contribution in [3.8, 4) is 0 Å². The molecule has 8 nitrogen and oxygen atoms in total. The Hall–Kier alpha value is -2.62. The molecule has 0 aliphatic carbocycles. The van der Waals surface area contributed by atoms with Crippen molar-refractivity contribution in [1.29, 1.82) is 0 Å². The first-order valence-electron chi connectivity index (χ1n) is 9.54. The molecule has 1 aliphatic rings. The van der Waals surface area contributed by atoms with Crippen molar-refractivity contribution >= 4 is 11.8 Å². The maximum atomic E-state index is 12.6. The van der Waals surface area contributed by atoms with E-state index in [0.29, 0.717) is 16.7 Å². The van der Waals surface area contributed by atoms with Crippen LogP contribution in [0.5, 0.6) is 0 Å². The molecule has 4 N–H and O–H groups in total. The predicted octanol–water partition coefficient (Wildman–Crippen LogP) is 0.364. The molecule has 1 aliphatic heterocycles. The van der Waals surface area contributed by atoms with Crippen molar-refractivity contribution in [2.45, 2.75) is 43.5 Å². The minimum absolute atomic E-state index is 0.188. The van der Waals surface area contributed by atoms with Crippen LogP contribution in [-0.4, -0.2) is 69.5 Å². The molecule has 3 rings (SSSR count). The number of aliphatic hydroxyl groups excluding tert-OH is 4. The Bertz CT molecular complexity index is 882. The first-order chi connectivity index (χ1) is 14.3. The van der Waals surface area contributed by atoms with Crippen molar-refractivity contribution in [2.75, 3.05) is 6.61 Å². The van der Waals surface area contributed by atoms with Crippen molar-refractivity contribution in [3.63, 3.8) is 0 Å². The van der Waals surface area contributed by atoms with Crippen molar-refractivity contribution in [2.24, 2.45) is 0 Å². The number of benzene rings is 2. The molecular weight excluding hydrogens is 392 g/mol. The lowest BCUT2D eigenvalue weighted by molar-refractivity contribution is -0.293. The van der Waals surface area contributed by atoms with E-state index in [2.05, 4.69) is 0 Å². The highest BCUT2D eigenvalue weighted by atomic mass is 16.7. The van der Waals surface area contributed by atoms with E-state index in [-0.39, 0.29) is 5.78 Å². The first-order valence-corrected chi connectivity index (χ1v) is 9.54. The number of carbonyl (C=O) groups is 2. The molecule has 0 spiro atoms. The zero-order valence-corrected chi connectivity index (χ0v) is 16.3. The summed E-state index contributed by atoms with van der Waals surface area (Å²) < 4.78 is 10.4. The summed E-state index contributed by atoms with van der Waals surface area (Å²) in [6, 6.07) is 15.3. The normalized spacial score (nSPS) is 27.3. The molecule has 0 unspecified atom stereocenters. The first kappa shape index (κ1) is 22.1. The highest BCUT2D eigenvalue weighted by molar-refractivity contribution is 6.09. The number of aliphatic hydroxyl groups is 4. The van der Waals surface area contributed by atoms with Crippen LogP contribution in [0.25, 0.3) is 0 Å². The summed E-state index contributed by atoms with van der Waals surface area (Å²) in [6.07, 6.45) is -7.59. The Morgan fingerprint density at radius 2 is 1.63 bits per heavy atom. The van der Waals surface area contributed by atoms with Crippen LogP contribution in [0.1, 0.15) is 34.3 Å². The van der Waals surface area contributed by atoms with E-state index < -0.39 is 49.2 Å². The monoisotopic (exact) mass is 416 g/mol. The third-order valence-corrected chi connectivity index (χ3v) is 5.12. The topological polar surface area (TPSA) is 134 Å². The van der Waals surface area contributed by atoms with Crippen LogP contribution in [0, 0.1) is 0 Å². The van der Waals surface area contributed by atoms with Gasteiger partial charge in [-0.05, 0) is 18.6 Å². The molecule has 6 atom stereocenters. The number of ketones is 1. The summed E-state index contributed by atoms with van der Waals surface area (Å²) in [5, 5.41) is 38.9. The highest BCUT2D eigenvalue weighted by Crippen LogP contribution is 2.25. The average Bonchev–Trinajstić information content (AvgIpc) is 2.79. The lowest BCUT2D eigenvalue weighted by Crippen LogP contribution is -2.59. The molecule has 1 heterocycles. The highest BCUT2D eigenvalue weighted by Gasteiger charge is 2.45. The van der Waals surface area contributed by atoms with Gasteiger partial charge in [-0.3, -0.25) is 9.59 Å². The Kier molecular flexibility index (Phi) is 6.96. The molecule has 0 amide bonds. The van der Waals surface area contributed by atoms with Crippen LogP contribution in [0.4, 0.5) is 0 Å². The van der Waals surface area contributed by atoms with Gasteiger partial charge in [0, 0.05) is 11.1 Å². The van der Waals surface area contributed by atoms with Crippen molar-refractivity contribution < 1.29 is 39.5 Å². The predicted molar refractivity (Wildman–Crippen MR) is 105 cm³/mol. The fourth-order valence-corrected chi connectivity index (χ4v) is 3.22. The fraction of sp³-hybridized carbons (Fsp3) is 0.364. The van der Waals surface area contributed by atoms with Gasteiger partial charge >= 0.3 is 5.97 Å². The van der Waals surface area contributed by atoms with Gasteiger partial charge in [0.1, 0.15) is 24.4 Å². The smallest absolute Gasteiger partial charge is 0.315 e. The molecule has 30 heavy (non-hydrogen) atoms. The molecule has 1 saturated heterocycles. The number of hydrogen-bond donors (Lipinski definition) is 4. The van der Waals surface area contributed by atoms with Gasteiger partial charge in [0.25, 0.3) is 0 Å². The van der Waals surface area contributed by atoms with Gasteiger partial charge in [0.2, 0.25) is 6.29 Å². The molecule has 0 aromatic heterocycles. The van der Waals surface area contributed by atoms with E-state index in [1.54, 1.807) is 55.5 Å². The van der Waals surface area contributed by atoms with Gasteiger partial charge in [-0.2, -0.15) is 0 Å². The minimum Gasteiger partial charge on any atom is -0.432 e. The molecular formula is C22H24O8. The molecule has 8 heteroatoms. The van der Waals surface area contributed by atoms with Gasteiger partial charge < -0.3 is 29.9 Å². The summed E-state index contributed by atoms with van der Waals surface area (Å²) in [5.41, 5.74) is 1.45. The van der Waals surface area contributed by atoms with Gasteiger partial charge in [-0.25, -0.2) is 0 Å². The fourth-order valence-electron chi connectivity index (χ4n) is 3.22. The van der Waals surface area contributed by atoms with E-state index in [9.17, 15) is 30.0 Å². The van der Waals surface area contributed by atoms with Gasteiger partial charge in [0.05, 0.1) is 12.5 Å². The third-order valence-electron chi connectivity index (χ3n) is 5.12. The lowest BCUT2D eigenvalue weighted by atomic mass is 9.95. The van der Waals surface area contributed by atoms with Crippen molar-refractivity contribution in [1.82, 2.24) is 0 Å². The van der Waals surface area contributed by atoms with Gasteiger partial charge in [0.15, 0.2) is 5.78 Å². The van der Waals surface area contributed by atoms with Crippen LogP contribution in [-0.2, 0) is 14.3 Å². The molecule has 2 aromatic rings. The quantitative estimate of drug-likeness (QED) is 0.392. The average molecular weight is 416 g/mol. The summed E-state index contributed by atoms with van der Waals surface area (Å²) >= 11 is 0. The standard InChI is InChI=1S/C22H24O8/c1-12(21(28)30-22-20(27)19(26)18(25)16(11-23)29-22)14-8-5-9-15(10-14)17(24)13-6-3-2-4-7-13/h2-10,12,16,18-20,22-23,25-27H,11H2,1H3/t12-,16-,18-,19+,20-,22+/m0/s1. The van der Waals surface area contributed by atoms with E-state index in [4.69, 9.17) is 9.47 Å². The van der Waals surface area contributed by atoms with Crippen LogP contribution in [0.15, 0.2) is 54.6 Å². The summed E-state index contributed by atoms with van der Waals surface area (Å²) in [6.45, 7) is 0.941. The minimum atomic E-state index is -1.68. The zero-order valence-electron chi connectivity index (χ0n) is 16.3. The number of hydrogen-bond acceptors (Lipinski definition) is 8. The number of esters is 1. The maximum absolute atomic E-state index is 12.6. The van der Waals surface area contributed by atoms with E-state index in [0.717, 1.165) is 0 Å².